The van der Waals surface area contributed by atoms with Crippen LogP contribution < -0.4 is 17.3 Å². The van der Waals surface area contributed by atoms with E-state index in [-0.39, 0.29) is 23.2 Å². The number of hydrogen-bond donors (Lipinski definition) is 0. The van der Waals surface area contributed by atoms with E-state index >= 15 is 0 Å². The number of carbonyl (C=O) groups excluding carboxylic acids is 1. The van der Waals surface area contributed by atoms with Crippen LogP contribution in [0.15, 0.2) is 65.6 Å². The second-order valence-corrected chi connectivity index (χ2v) is 13.3. The van der Waals surface area contributed by atoms with Gasteiger partial charge >= 0.3 is 0 Å². The van der Waals surface area contributed by atoms with Crippen LogP contribution in [0.1, 0.15) is 39.0 Å². The van der Waals surface area contributed by atoms with Crippen LogP contribution in [-0.4, -0.2) is 62.2 Å². The summed E-state index contributed by atoms with van der Waals surface area (Å²) in [6.07, 6.45) is 1.48. The highest BCUT2D eigenvalue weighted by molar-refractivity contribution is 7.89. The highest BCUT2D eigenvalue weighted by Crippen LogP contribution is 2.33. The van der Waals surface area contributed by atoms with Gasteiger partial charge in [-0.25, -0.2) is 13.4 Å². The number of thiazole rings is 1. The molecule has 1 aliphatic rings. The first-order chi connectivity index (χ1) is 18.6. The molecule has 0 atom stereocenters. The highest BCUT2D eigenvalue weighted by atomic mass is 35.5. The average Bonchev–Trinajstić information content (AvgIpc) is 3.37. The largest absolute Gasteiger partial charge is 1.00 e. The number of nitrogens with zero attached hydrogens (tertiary/aromatic N) is 4. The second kappa shape index (κ2) is 12.4. The Morgan fingerprint density at radius 2 is 1.68 bits per heavy atom. The van der Waals surface area contributed by atoms with Crippen LogP contribution in [0.2, 0.25) is 0 Å². The molecular weight excluding hydrogens is 564 g/mol. The zero-order valence-corrected chi connectivity index (χ0v) is 25.6. The van der Waals surface area contributed by atoms with Gasteiger partial charge in [-0.05, 0) is 99.9 Å². The molecule has 1 aromatic heterocycles. The highest BCUT2D eigenvalue weighted by Gasteiger charge is 2.29. The number of fused-ring (bicyclic) bond motifs is 2. The molecule has 0 saturated carbocycles. The topological polar surface area (TPSA) is 73.8 Å². The Kier molecular flexibility index (Phi) is 9.32. The van der Waals surface area contributed by atoms with Crippen LogP contribution >= 0.6 is 11.3 Å². The van der Waals surface area contributed by atoms with Crippen LogP contribution in [-0.2, 0) is 23.0 Å². The van der Waals surface area contributed by atoms with Crippen molar-refractivity contribution in [2.24, 2.45) is 0 Å². The summed E-state index contributed by atoms with van der Waals surface area (Å²) < 4.78 is 29.4. The second-order valence-electron chi connectivity index (χ2n) is 10.3. The van der Waals surface area contributed by atoms with Crippen LogP contribution in [0.5, 0.6) is 0 Å². The van der Waals surface area contributed by atoms with Gasteiger partial charge < -0.3 is 17.3 Å². The lowest BCUT2D eigenvalue weighted by Gasteiger charge is -2.28. The Bertz CT molecular complexity index is 1620. The average molecular weight is 598 g/mol. The first-order valence-corrected chi connectivity index (χ1v) is 15.4. The molecule has 1 aliphatic heterocycles. The summed E-state index contributed by atoms with van der Waals surface area (Å²) in [7, 11) is 0.343. The number of halogens is 1. The van der Waals surface area contributed by atoms with E-state index < -0.39 is 10.0 Å². The maximum atomic E-state index is 13.8. The van der Waals surface area contributed by atoms with Crippen molar-refractivity contribution >= 4 is 42.6 Å². The van der Waals surface area contributed by atoms with Crippen LogP contribution in [0.4, 0.5) is 5.13 Å². The Morgan fingerprint density at radius 1 is 0.975 bits per heavy atom. The van der Waals surface area contributed by atoms with Crippen molar-refractivity contribution in [3.8, 4) is 0 Å². The molecular formula is C30H34ClN4O3S2-. The van der Waals surface area contributed by atoms with Gasteiger partial charge in [0.25, 0.3) is 5.91 Å². The quantitative estimate of drug-likeness (QED) is 0.312. The fraction of sp³-hybridized carbons (Fsp3) is 0.333. The third-order valence-corrected chi connectivity index (χ3v) is 10.3. The first kappa shape index (κ1) is 30.1. The van der Waals surface area contributed by atoms with Gasteiger partial charge in [-0.3, -0.25) is 9.69 Å². The normalized spacial score (nSPS) is 13.7. The molecule has 40 heavy (non-hydrogen) atoms. The van der Waals surface area contributed by atoms with E-state index in [4.69, 9.17) is 4.98 Å². The molecule has 0 spiro atoms. The molecule has 0 radical (unpaired) electrons. The molecule has 4 aromatic rings. The number of benzene rings is 3. The summed E-state index contributed by atoms with van der Waals surface area (Å²) in [5.41, 5.74) is 5.87. The van der Waals surface area contributed by atoms with Gasteiger partial charge in [-0.15, -0.1) is 0 Å². The lowest BCUT2D eigenvalue weighted by Crippen LogP contribution is -3.00. The monoisotopic (exact) mass is 597 g/mol. The van der Waals surface area contributed by atoms with E-state index in [0.717, 1.165) is 34.3 Å². The fourth-order valence-electron chi connectivity index (χ4n) is 4.91. The van der Waals surface area contributed by atoms with Crippen molar-refractivity contribution in [2.75, 3.05) is 38.6 Å². The first-order valence-electron chi connectivity index (χ1n) is 13.2. The minimum Gasteiger partial charge on any atom is -1.00 e. The standard InChI is InChI=1S/C30H34N4O3S2.ClH/c1-21-10-15-27-28(22(21)2)31-30(38-27)34(18-7-17-32(3)4)29(35)24-11-13-26(14-12-24)39(36,37)33-19-16-23-8-5-6-9-25(23)20-33;/h5-6,8-15H,7,16-20H2,1-4H3;1H/p-1. The van der Waals surface area contributed by atoms with E-state index in [2.05, 4.69) is 36.9 Å². The van der Waals surface area contributed by atoms with E-state index in [1.54, 1.807) is 29.2 Å². The third kappa shape index (κ3) is 6.09. The lowest BCUT2D eigenvalue weighted by molar-refractivity contribution is -0.0000181. The minimum atomic E-state index is -3.68. The van der Waals surface area contributed by atoms with Gasteiger partial charge in [0.2, 0.25) is 10.0 Å². The molecule has 0 saturated heterocycles. The summed E-state index contributed by atoms with van der Waals surface area (Å²) in [6.45, 7) is 6.27. The van der Waals surface area contributed by atoms with Gasteiger partial charge in [-0.2, -0.15) is 4.31 Å². The predicted molar refractivity (Wildman–Crippen MR) is 158 cm³/mol. The van der Waals surface area contributed by atoms with Crippen molar-refractivity contribution in [1.29, 1.82) is 0 Å². The molecule has 2 heterocycles. The van der Waals surface area contributed by atoms with Crippen LogP contribution in [0.3, 0.4) is 0 Å². The summed E-state index contributed by atoms with van der Waals surface area (Å²) in [6, 6.07) is 18.4. The van der Waals surface area contributed by atoms with Crippen molar-refractivity contribution in [3.63, 3.8) is 0 Å². The Labute approximate surface area is 246 Å². The number of sulfonamides is 1. The summed E-state index contributed by atoms with van der Waals surface area (Å²) in [5, 5.41) is 0.658. The Hall–Kier alpha value is -2.82. The predicted octanol–water partition coefficient (Wildman–Crippen LogP) is 2.26. The number of aromatic nitrogens is 1. The van der Waals surface area contributed by atoms with Gasteiger partial charge in [0.15, 0.2) is 5.13 Å². The van der Waals surface area contributed by atoms with E-state index in [1.165, 1.54) is 26.8 Å². The third-order valence-electron chi connectivity index (χ3n) is 7.37. The molecule has 0 unspecified atom stereocenters. The number of carbonyl (C=O) groups is 1. The van der Waals surface area contributed by atoms with Gasteiger partial charge in [-0.1, -0.05) is 41.7 Å². The van der Waals surface area contributed by atoms with Crippen molar-refractivity contribution in [2.45, 2.75) is 38.1 Å². The van der Waals surface area contributed by atoms with Gasteiger partial charge in [0.1, 0.15) is 0 Å². The zero-order valence-electron chi connectivity index (χ0n) is 23.2. The zero-order chi connectivity index (χ0) is 27.7. The smallest absolute Gasteiger partial charge is 0.260 e. The van der Waals surface area contributed by atoms with Crippen molar-refractivity contribution in [1.82, 2.24) is 14.2 Å². The fourth-order valence-corrected chi connectivity index (χ4v) is 7.38. The molecule has 0 fully saturated rings. The maximum Gasteiger partial charge on any atom is 0.260 e. The SMILES string of the molecule is Cc1ccc2sc(N(CCCN(C)C)C(=O)c3ccc(S(=O)(=O)N4CCc5ccccc5C4)cc3)nc2c1C.[Cl-]. The molecule has 5 rings (SSSR count). The number of anilines is 1. The maximum absolute atomic E-state index is 13.8. The Morgan fingerprint density at radius 3 is 2.38 bits per heavy atom. The lowest BCUT2D eigenvalue weighted by atomic mass is 10.0. The van der Waals surface area contributed by atoms with Gasteiger partial charge in [0.05, 0.1) is 15.1 Å². The van der Waals surface area contributed by atoms with Crippen molar-refractivity contribution in [3.05, 3.63) is 88.5 Å². The molecule has 7 nitrogen and oxygen atoms in total. The molecule has 1 amide bonds. The van der Waals surface area contributed by atoms with Gasteiger partial charge in [0, 0.05) is 25.2 Å². The molecule has 3 aromatic carbocycles. The molecule has 0 bridgehead atoms. The van der Waals surface area contributed by atoms with E-state index in [1.807, 2.05) is 32.3 Å². The van der Waals surface area contributed by atoms with Crippen LogP contribution in [0.25, 0.3) is 10.2 Å². The molecule has 0 aliphatic carbocycles. The summed E-state index contributed by atoms with van der Waals surface area (Å²) >= 11 is 1.51. The minimum absolute atomic E-state index is 0. The Balaban J connectivity index is 0.00000370. The van der Waals surface area contributed by atoms with Crippen LogP contribution in [0, 0.1) is 13.8 Å². The van der Waals surface area contributed by atoms with E-state index in [9.17, 15) is 13.2 Å². The summed E-state index contributed by atoms with van der Waals surface area (Å²) in [4.78, 5) is 22.6. The summed E-state index contributed by atoms with van der Waals surface area (Å²) in [5.74, 6) is -0.182. The number of hydrogen-bond acceptors (Lipinski definition) is 6. The van der Waals surface area contributed by atoms with Crippen molar-refractivity contribution < 1.29 is 25.6 Å². The molecule has 0 N–H and O–H groups in total. The number of aryl methyl sites for hydroxylation is 2. The van der Waals surface area contributed by atoms with E-state index in [0.29, 0.717) is 36.8 Å². The molecule has 10 heteroatoms. The molecule has 212 valence electrons. The number of rotatable bonds is 8. The number of amides is 1.